The molecule has 1 heterocycles. The summed E-state index contributed by atoms with van der Waals surface area (Å²) in [7, 11) is 0. The molecular formula is C23H27N7O3. The predicted octanol–water partition coefficient (Wildman–Crippen LogP) is 2.54. The van der Waals surface area contributed by atoms with E-state index < -0.39 is 17.9 Å². The summed E-state index contributed by atoms with van der Waals surface area (Å²) in [6.45, 7) is 2.62. The average molecular weight is 450 g/mol. The maximum Gasteiger partial charge on any atom is 0.319 e. The Morgan fingerprint density at radius 3 is 2.70 bits per heavy atom. The second-order valence-corrected chi connectivity index (χ2v) is 7.97. The third-order valence-corrected chi connectivity index (χ3v) is 5.39. The Bertz CT molecular complexity index is 1110. The van der Waals surface area contributed by atoms with Crippen LogP contribution in [-0.2, 0) is 11.2 Å². The number of aromatic nitrogens is 4. The highest BCUT2D eigenvalue weighted by molar-refractivity contribution is 5.90. The Morgan fingerprint density at radius 2 is 2.00 bits per heavy atom. The van der Waals surface area contributed by atoms with E-state index in [2.05, 4.69) is 26.2 Å². The number of nitrogens with two attached hydrogens (primary N) is 1. The molecule has 0 radical (unpaired) electrons. The van der Waals surface area contributed by atoms with E-state index in [1.807, 2.05) is 54.1 Å². The molecule has 1 aliphatic carbocycles. The first-order valence-electron chi connectivity index (χ1n) is 11.0. The molecule has 0 aliphatic heterocycles. The van der Waals surface area contributed by atoms with Gasteiger partial charge in [0.15, 0.2) is 5.82 Å². The van der Waals surface area contributed by atoms with Crippen LogP contribution in [0.15, 0.2) is 48.5 Å². The fourth-order valence-electron chi connectivity index (χ4n) is 3.52. The van der Waals surface area contributed by atoms with Crippen LogP contribution in [0.5, 0.6) is 5.75 Å². The van der Waals surface area contributed by atoms with Gasteiger partial charge in [-0.3, -0.25) is 4.79 Å². The minimum atomic E-state index is -0.539. The van der Waals surface area contributed by atoms with Crippen molar-refractivity contribution >= 4 is 17.6 Å². The molecule has 3 amide bonds. The SMILES string of the molecule is CCOc1ccc(C[C@@H](CNC(=O)Nc2cccc(-c3nnnn3C3CC3)c2)C(N)=O)cc1. The Labute approximate surface area is 191 Å². The molecule has 0 bridgehead atoms. The van der Waals surface area contributed by atoms with Crippen LogP contribution < -0.4 is 21.1 Å². The molecule has 4 N–H and O–H groups in total. The van der Waals surface area contributed by atoms with Crippen LogP contribution in [0.4, 0.5) is 10.5 Å². The summed E-state index contributed by atoms with van der Waals surface area (Å²) in [4.78, 5) is 24.4. The number of carbonyl (C=O) groups is 2. The molecule has 33 heavy (non-hydrogen) atoms. The number of nitrogens with zero attached hydrogens (tertiary/aromatic N) is 4. The quantitative estimate of drug-likeness (QED) is 0.435. The second kappa shape index (κ2) is 10.1. The molecule has 1 fully saturated rings. The normalized spacial score (nSPS) is 13.8. The number of benzene rings is 2. The summed E-state index contributed by atoms with van der Waals surface area (Å²) >= 11 is 0. The Morgan fingerprint density at radius 1 is 1.21 bits per heavy atom. The number of carbonyl (C=O) groups excluding carboxylic acids is 2. The third kappa shape index (κ3) is 5.85. The fraction of sp³-hybridized carbons (Fsp3) is 0.348. The van der Waals surface area contributed by atoms with E-state index in [1.54, 1.807) is 6.07 Å². The van der Waals surface area contributed by atoms with E-state index in [1.165, 1.54) is 0 Å². The highest BCUT2D eigenvalue weighted by Crippen LogP contribution is 2.36. The molecule has 0 saturated heterocycles. The average Bonchev–Trinajstić information content (AvgIpc) is 3.54. The largest absolute Gasteiger partial charge is 0.494 e. The van der Waals surface area contributed by atoms with Crippen molar-refractivity contribution < 1.29 is 14.3 Å². The van der Waals surface area contributed by atoms with Crippen molar-refractivity contribution in [3.8, 4) is 17.1 Å². The Balaban J connectivity index is 1.34. The highest BCUT2D eigenvalue weighted by atomic mass is 16.5. The van der Waals surface area contributed by atoms with Crippen LogP contribution in [0.25, 0.3) is 11.4 Å². The summed E-state index contributed by atoms with van der Waals surface area (Å²) < 4.78 is 7.25. The first-order chi connectivity index (χ1) is 16.0. The molecule has 172 valence electrons. The predicted molar refractivity (Wildman–Crippen MR) is 123 cm³/mol. The van der Waals surface area contributed by atoms with Gasteiger partial charge in [0.25, 0.3) is 0 Å². The number of anilines is 1. The number of hydrogen-bond acceptors (Lipinski definition) is 6. The van der Waals surface area contributed by atoms with Crippen LogP contribution in [0.1, 0.15) is 31.4 Å². The van der Waals surface area contributed by atoms with Gasteiger partial charge in [0.1, 0.15) is 5.75 Å². The van der Waals surface area contributed by atoms with Gasteiger partial charge in [0.2, 0.25) is 5.91 Å². The van der Waals surface area contributed by atoms with Crippen LogP contribution in [-0.4, -0.2) is 45.3 Å². The van der Waals surface area contributed by atoms with Gasteiger partial charge in [-0.2, -0.15) is 0 Å². The number of urea groups is 1. The van der Waals surface area contributed by atoms with Gasteiger partial charge in [0, 0.05) is 17.8 Å². The number of nitrogens with one attached hydrogen (secondary N) is 2. The number of tetrazole rings is 1. The first kappa shape index (κ1) is 22.3. The zero-order valence-electron chi connectivity index (χ0n) is 18.4. The molecule has 2 aromatic carbocycles. The molecule has 4 rings (SSSR count). The van der Waals surface area contributed by atoms with Gasteiger partial charge in [-0.1, -0.05) is 24.3 Å². The molecule has 1 aliphatic rings. The molecule has 0 unspecified atom stereocenters. The smallest absolute Gasteiger partial charge is 0.319 e. The van der Waals surface area contributed by atoms with Crippen LogP contribution in [0, 0.1) is 5.92 Å². The lowest BCUT2D eigenvalue weighted by Crippen LogP contribution is -2.39. The van der Waals surface area contributed by atoms with Gasteiger partial charge in [-0.25, -0.2) is 9.48 Å². The minimum absolute atomic E-state index is 0.119. The van der Waals surface area contributed by atoms with E-state index in [0.717, 1.165) is 29.7 Å². The summed E-state index contributed by atoms with van der Waals surface area (Å²) in [6.07, 6.45) is 2.55. The summed E-state index contributed by atoms with van der Waals surface area (Å²) in [5.41, 5.74) is 7.91. The van der Waals surface area contributed by atoms with E-state index in [4.69, 9.17) is 10.5 Å². The third-order valence-electron chi connectivity index (χ3n) is 5.39. The fourth-order valence-corrected chi connectivity index (χ4v) is 3.52. The lowest BCUT2D eigenvalue weighted by molar-refractivity contribution is -0.121. The molecule has 1 atom stereocenters. The van der Waals surface area contributed by atoms with Crippen LogP contribution >= 0.6 is 0 Å². The van der Waals surface area contributed by atoms with Gasteiger partial charge in [0.05, 0.1) is 18.6 Å². The molecule has 1 saturated carbocycles. The van der Waals surface area contributed by atoms with Crippen molar-refractivity contribution in [2.75, 3.05) is 18.5 Å². The highest BCUT2D eigenvalue weighted by Gasteiger charge is 2.28. The molecule has 10 heteroatoms. The van der Waals surface area contributed by atoms with Crippen molar-refractivity contribution in [3.05, 3.63) is 54.1 Å². The molecule has 3 aromatic rings. The van der Waals surface area contributed by atoms with Gasteiger partial charge in [-0.05, 0) is 66.4 Å². The van der Waals surface area contributed by atoms with Gasteiger partial charge < -0.3 is 21.1 Å². The van der Waals surface area contributed by atoms with Crippen molar-refractivity contribution in [2.45, 2.75) is 32.2 Å². The van der Waals surface area contributed by atoms with E-state index in [-0.39, 0.29) is 6.54 Å². The summed E-state index contributed by atoms with van der Waals surface area (Å²) in [6, 6.07) is 14.7. The molecular weight excluding hydrogens is 422 g/mol. The minimum Gasteiger partial charge on any atom is -0.494 e. The van der Waals surface area contributed by atoms with E-state index >= 15 is 0 Å². The number of ether oxygens (including phenoxy) is 1. The van der Waals surface area contributed by atoms with Gasteiger partial charge in [-0.15, -0.1) is 5.10 Å². The molecule has 1 aromatic heterocycles. The second-order valence-electron chi connectivity index (χ2n) is 7.97. The maximum absolute atomic E-state index is 12.5. The van der Waals surface area contributed by atoms with Crippen molar-refractivity contribution in [2.24, 2.45) is 11.7 Å². The zero-order chi connectivity index (χ0) is 23.2. The van der Waals surface area contributed by atoms with Crippen LogP contribution in [0.2, 0.25) is 0 Å². The molecule has 10 nitrogen and oxygen atoms in total. The Hall–Kier alpha value is -3.95. The number of hydrogen-bond donors (Lipinski definition) is 3. The standard InChI is InChI=1S/C23H27N7O3/c1-2-33-20-10-6-15(7-11-20)12-17(21(24)31)14-25-23(32)26-18-5-3-4-16(13-18)22-27-28-29-30(22)19-8-9-19/h3-7,10-11,13,17,19H,2,8-9,12,14H2,1H3,(H2,24,31)(H2,25,26,32)/t17-/m0/s1. The molecule has 0 spiro atoms. The number of rotatable bonds is 10. The lowest BCUT2D eigenvalue weighted by atomic mass is 9.98. The monoisotopic (exact) mass is 449 g/mol. The number of primary amides is 1. The zero-order valence-corrected chi connectivity index (χ0v) is 18.4. The first-order valence-corrected chi connectivity index (χ1v) is 11.0. The maximum atomic E-state index is 12.5. The Kier molecular flexibility index (Phi) is 6.82. The van der Waals surface area contributed by atoms with Crippen molar-refractivity contribution in [3.63, 3.8) is 0 Å². The summed E-state index contributed by atoms with van der Waals surface area (Å²) in [5, 5.41) is 17.5. The van der Waals surface area contributed by atoms with Crippen molar-refractivity contribution in [1.82, 2.24) is 25.5 Å². The van der Waals surface area contributed by atoms with E-state index in [0.29, 0.717) is 30.6 Å². The lowest BCUT2D eigenvalue weighted by Gasteiger charge is -2.15. The van der Waals surface area contributed by atoms with Crippen LogP contribution in [0.3, 0.4) is 0 Å². The van der Waals surface area contributed by atoms with Gasteiger partial charge >= 0.3 is 6.03 Å². The van der Waals surface area contributed by atoms with Crippen molar-refractivity contribution in [1.29, 1.82) is 0 Å². The summed E-state index contributed by atoms with van der Waals surface area (Å²) in [5.74, 6) is 0.426. The topological polar surface area (TPSA) is 137 Å². The number of amides is 3. The van der Waals surface area contributed by atoms with E-state index in [9.17, 15) is 9.59 Å².